The molecule has 0 saturated carbocycles. The van der Waals surface area contributed by atoms with E-state index in [0.29, 0.717) is 23.1 Å². The second kappa shape index (κ2) is 7.10. The van der Waals surface area contributed by atoms with Crippen molar-refractivity contribution in [2.45, 2.75) is 25.1 Å². The highest BCUT2D eigenvalue weighted by Crippen LogP contribution is 2.24. The Hall–Kier alpha value is -0.440. The molecule has 1 aromatic rings. The molecule has 17 heavy (non-hydrogen) atoms. The molecule has 0 radical (unpaired) electrons. The predicted molar refractivity (Wildman–Crippen MR) is 71.1 cm³/mol. The minimum absolute atomic E-state index is 0.190. The van der Waals surface area contributed by atoms with Crippen LogP contribution in [0.1, 0.15) is 18.9 Å². The number of carbonyl (C=O) groups is 1. The van der Waals surface area contributed by atoms with E-state index in [1.165, 1.54) is 0 Å². The topological polar surface area (TPSA) is 26.3 Å². The molecule has 1 rings (SSSR count). The first-order valence-electron chi connectivity index (χ1n) is 5.26. The summed E-state index contributed by atoms with van der Waals surface area (Å²) in [6, 6.07) is 5.31. The number of benzene rings is 1. The maximum atomic E-state index is 11.2. The summed E-state index contributed by atoms with van der Waals surface area (Å²) in [6.45, 7) is 2.13. The largest absolute Gasteiger partial charge is 0.466 e. The highest BCUT2D eigenvalue weighted by molar-refractivity contribution is 6.42. The van der Waals surface area contributed by atoms with Gasteiger partial charge in [0.05, 0.1) is 23.1 Å². The first kappa shape index (κ1) is 14.6. The van der Waals surface area contributed by atoms with E-state index in [1.807, 2.05) is 6.07 Å². The molecule has 0 amide bonds. The van der Waals surface area contributed by atoms with Gasteiger partial charge in [-0.3, -0.25) is 4.79 Å². The number of carbonyl (C=O) groups excluding carboxylic acids is 1. The minimum atomic E-state index is -0.300. The number of hydrogen-bond acceptors (Lipinski definition) is 2. The van der Waals surface area contributed by atoms with Gasteiger partial charge in [-0.2, -0.15) is 0 Å². The zero-order valence-electron chi connectivity index (χ0n) is 9.38. The fraction of sp³-hybridized carbons (Fsp3) is 0.417. The Bertz CT molecular complexity index is 393. The van der Waals surface area contributed by atoms with Crippen LogP contribution in [0.3, 0.4) is 0 Å². The summed E-state index contributed by atoms with van der Waals surface area (Å²) in [7, 11) is 0. The fourth-order valence-corrected chi connectivity index (χ4v) is 2.02. The highest BCUT2D eigenvalue weighted by atomic mass is 35.5. The quantitative estimate of drug-likeness (QED) is 0.604. The SMILES string of the molecule is CCOC(=O)CC(Cl)Cc1ccc(Cl)c(Cl)c1. The van der Waals surface area contributed by atoms with Gasteiger partial charge >= 0.3 is 5.97 Å². The van der Waals surface area contributed by atoms with E-state index in [4.69, 9.17) is 39.5 Å². The van der Waals surface area contributed by atoms with Crippen molar-refractivity contribution >= 4 is 40.8 Å². The van der Waals surface area contributed by atoms with Crippen molar-refractivity contribution < 1.29 is 9.53 Å². The Labute approximate surface area is 116 Å². The van der Waals surface area contributed by atoms with Crippen LogP contribution in [0.4, 0.5) is 0 Å². The zero-order valence-corrected chi connectivity index (χ0v) is 11.6. The van der Waals surface area contributed by atoms with Gasteiger partial charge < -0.3 is 4.74 Å². The molecule has 0 aromatic heterocycles. The summed E-state index contributed by atoms with van der Waals surface area (Å²) in [5.41, 5.74) is 0.948. The molecule has 2 nitrogen and oxygen atoms in total. The van der Waals surface area contributed by atoms with Crippen LogP contribution >= 0.6 is 34.8 Å². The monoisotopic (exact) mass is 294 g/mol. The number of halogens is 3. The minimum Gasteiger partial charge on any atom is -0.466 e. The molecule has 94 valence electrons. The number of ether oxygens (including phenoxy) is 1. The Morgan fingerprint density at radius 1 is 1.35 bits per heavy atom. The van der Waals surface area contributed by atoms with Gasteiger partial charge in [0.15, 0.2) is 0 Å². The molecule has 1 aromatic carbocycles. The number of hydrogen-bond donors (Lipinski definition) is 0. The van der Waals surface area contributed by atoms with E-state index in [9.17, 15) is 4.79 Å². The number of esters is 1. The van der Waals surface area contributed by atoms with Crippen LogP contribution in [0.2, 0.25) is 10.0 Å². The summed E-state index contributed by atoms with van der Waals surface area (Å²) in [5, 5.41) is 0.697. The lowest BCUT2D eigenvalue weighted by Gasteiger charge is -2.09. The van der Waals surface area contributed by atoms with Crippen LogP contribution < -0.4 is 0 Å². The lowest BCUT2D eigenvalue weighted by Crippen LogP contribution is -2.13. The molecule has 0 spiro atoms. The molecule has 5 heteroatoms. The number of alkyl halides is 1. The van der Waals surface area contributed by atoms with Crippen LogP contribution in [-0.2, 0) is 16.0 Å². The molecule has 0 heterocycles. The van der Waals surface area contributed by atoms with E-state index in [1.54, 1.807) is 19.1 Å². The van der Waals surface area contributed by atoms with Gasteiger partial charge in [-0.15, -0.1) is 11.6 Å². The van der Waals surface area contributed by atoms with Gasteiger partial charge in [0, 0.05) is 5.38 Å². The molecule has 0 bridgehead atoms. The Balaban J connectivity index is 2.53. The maximum absolute atomic E-state index is 11.2. The number of rotatable bonds is 5. The van der Waals surface area contributed by atoms with Crippen molar-refractivity contribution in [3.05, 3.63) is 33.8 Å². The Kier molecular flexibility index (Phi) is 6.10. The third kappa shape index (κ3) is 5.15. The van der Waals surface area contributed by atoms with Gasteiger partial charge in [0.2, 0.25) is 0 Å². The summed E-state index contributed by atoms with van der Waals surface area (Å²) in [4.78, 5) is 11.2. The predicted octanol–water partition coefficient (Wildman–Crippen LogP) is 4.10. The molecule has 0 aliphatic carbocycles. The maximum Gasteiger partial charge on any atom is 0.307 e. The van der Waals surface area contributed by atoms with E-state index >= 15 is 0 Å². The zero-order chi connectivity index (χ0) is 12.8. The fourth-order valence-electron chi connectivity index (χ4n) is 1.40. The standard InChI is InChI=1S/C12H13Cl3O2/c1-2-17-12(16)7-9(13)5-8-3-4-10(14)11(15)6-8/h3-4,6,9H,2,5,7H2,1H3. The van der Waals surface area contributed by atoms with Gasteiger partial charge in [-0.25, -0.2) is 0 Å². The van der Waals surface area contributed by atoms with Gasteiger partial charge in [0.1, 0.15) is 0 Å². The molecular formula is C12H13Cl3O2. The lowest BCUT2D eigenvalue weighted by molar-refractivity contribution is -0.143. The summed E-state index contributed by atoms with van der Waals surface area (Å²) in [5.74, 6) is -0.285. The molecule has 1 atom stereocenters. The third-order valence-electron chi connectivity index (χ3n) is 2.13. The third-order valence-corrected chi connectivity index (χ3v) is 3.18. The van der Waals surface area contributed by atoms with Crippen molar-refractivity contribution in [2.75, 3.05) is 6.61 Å². The normalized spacial score (nSPS) is 12.2. The van der Waals surface area contributed by atoms with E-state index in [0.717, 1.165) is 5.56 Å². The first-order chi connectivity index (χ1) is 8.02. The van der Waals surface area contributed by atoms with Crippen molar-refractivity contribution in [3.8, 4) is 0 Å². The molecule has 0 aliphatic heterocycles. The summed E-state index contributed by atoms with van der Waals surface area (Å²) < 4.78 is 4.82. The van der Waals surface area contributed by atoms with E-state index < -0.39 is 0 Å². The second-order valence-electron chi connectivity index (χ2n) is 3.56. The van der Waals surface area contributed by atoms with Gasteiger partial charge in [-0.05, 0) is 31.0 Å². The average molecular weight is 296 g/mol. The highest BCUT2D eigenvalue weighted by Gasteiger charge is 2.13. The smallest absolute Gasteiger partial charge is 0.307 e. The van der Waals surface area contributed by atoms with Crippen molar-refractivity contribution in [3.63, 3.8) is 0 Å². The molecule has 0 aliphatic rings. The second-order valence-corrected chi connectivity index (χ2v) is 4.99. The van der Waals surface area contributed by atoms with Gasteiger partial charge in [-0.1, -0.05) is 29.3 Å². The van der Waals surface area contributed by atoms with E-state index in [2.05, 4.69) is 0 Å². The van der Waals surface area contributed by atoms with Crippen molar-refractivity contribution in [1.29, 1.82) is 0 Å². The van der Waals surface area contributed by atoms with E-state index in [-0.39, 0.29) is 17.8 Å². The van der Waals surface area contributed by atoms with Crippen LogP contribution in [0.25, 0.3) is 0 Å². The average Bonchev–Trinajstić information content (AvgIpc) is 2.23. The van der Waals surface area contributed by atoms with Crippen molar-refractivity contribution in [2.24, 2.45) is 0 Å². The van der Waals surface area contributed by atoms with Gasteiger partial charge in [0.25, 0.3) is 0 Å². The summed E-state index contributed by atoms with van der Waals surface area (Å²) in [6.07, 6.45) is 0.743. The van der Waals surface area contributed by atoms with Crippen LogP contribution in [-0.4, -0.2) is 18.0 Å². The summed E-state index contributed by atoms with van der Waals surface area (Å²) >= 11 is 17.8. The molecule has 0 fully saturated rings. The van der Waals surface area contributed by atoms with Crippen LogP contribution in [0.5, 0.6) is 0 Å². The molecule has 0 N–H and O–H groups in total. The van der Waals surface area contributed by atoms with Crippen molar-refractivity contribution in [1.82, 2.24) is 0 Å². The Morgan fingerprint density at radius 2 is 2.06 bits per heavy atom. The van der Waals surface area contributed by atoms with Crippen LogP contribution in [0, 0.1) is 0 Å². The lowest BCUT2D eigenvalue weighted by atomic mass is 10.1. The first-order valence-corrected chi connectivity index (χ1v) is 6.45. The molecule has 1 unspecified atom stereocenters. The molecule has 0 saturated heterocycles. The van der Waals surface area contributed by atoms with Crippen LogP contribution in [0.15, 0.2) is 18.2 Å². The Morgan fingerprint density at radius 3 is 2.65 bits per heavy atom. The molecular weight excluding hydrogens is 282 g/mol.